The Balaban J connectivity index is 1.44. The Kier molecular flexibility index (Phi) is 6.18. The maximum Gasteiger partial charge on any atom is 0.453 e. The standard InChI is InChI=1S/C20H20F3N3O2/c1-27-17-6-2-16(3-7-17)11-13-28-18-8-4-15(5-9-18)10-12-26-14-24-19(25-26)20(21,22)23/h2-9,14H,10-13H2,1H3. The van der Waals surface area contributed by atoms with Gasteiger partial charge < -0.3 is 9.47 Å². The Morgan fingerprint density at radius 1 is 0.893 bits per heavy atom. The van der Waals surface area contributed by atoms with Gasteiger partial charge in [0, 0.05) is 13.0 Å². The van der Waals surface area contributed by atoms with E-state index in [9.17, 15) is 13.2 Å². The lowest BCUT2D eigenvalue weighted by molar-refractivity contribution is -0.145. The van der Waals surface area contributed by atoms with Crippen molar-refractivity contribution >= 4 is 0 Å². The molecule has 8 heteroatoms. The Labute approximate surface area is 160 Å². The lowest BCUT2D eigenvalue weighted by Gasteiger charge is -2.08. The molecule has 0 amide bonds. The summed E-state index contributed by atoms with van der Waals surface area (Å²) in [4.78, 5) is 3.28. The van der Waals surface area contributed by atoms with Crippen molar-refractivity contribution < 1.29 is 22.6 Å². The minimum Gasteiger partial charge on any atom is -0.497 e. The first-order valence-electron chi connectivity index (χ1n) is 8.75. The van der Waals surface area contributed by atoms with Crippen LogP contribution in [0.3, 0.4) is 0 Å². The van der Waals surface area contributed by atoms with Crippen molar-refractivity contribution in [2.45, 2.75) is 25.6 Å². The second-order valence-corrected chi connectivity index (χ2v) is 6.17. The van der Waals surface area contributed by atoms with Crippen molar-refractivity contribution in [1.82, 2.24) is 14.8 Å². The van der Waals surface area contributed by atoms with Crippen LogP contribution in [0, 0.1) is 0 Å². The minimum atomic E-state index is -4.52. The molecule has 0 spiro atoms. The van der Waals surface area contributed by atoms with E-state index < -0.39 is 12.0 Å². The first-order valence-corrected chi connectivity index (χ1v) is 8.75. The number of nitrogens with zero attached hydrogens (tertiary/aromatic N) is 3. The predicted molar refractivity (Wildman–Crippen MR) is 97.4 cm³/mol. The monoisotopic (exact) mass is 391 g/mol. The summed E-state index contributed by atoms with van der Waals surface area (Å²) in [7, 11) is 1.63. The van der Waals surface area contributed by atoms with E-state index in [0.29, 0.717) is 19.6 Å². The first-order chi connectivity index (χ1) is 13.4. The summed E-state index contributed by atoms with van der Waals surface area (Å²) in [6.45, 7) is 0.867. The molecule has 0 unspecified atom stereocenters. The number of ether oxygens (including phenoxy) is 2. The number of aryl methyl sites for hydroxylation is 2. The fourth-order valence-corrected chi connectivity index (χ4v) is 2.61. The van der Waals surface area contributed by atoms with Crippen LogP contribution in [0.2, 0.25) is 0 Å². The van der Waals surface area contributed by atoms with E-state index in [1.165, 1.54) is 4.68 Å². The number of rotatable bonds is 8. The van der Waals surface area contributed by atoms with Gasteiger partial charge in [-0.25, -0.2) is 4.98 Å². The molecule has 0 fully saturated rings. The zero-order valence-electron chi connectivity index (χ0n) is 15.3. The molecule has 5 nitrogen and oxygen atoms in total. The number of hydrogen-bond acceptors (Lipinski definition) is 4. The molecule has 28 heavy (non-hydrogen) atoms. The second-order valence-electron chi connectivity index (χ2n) is 6.17. The molecule has 0 saturated carbocycles. The highest BCUT2D eigenvalue weighted by atomic mass is 19.4. The van der Waals surface area contributed by atoms with E-state index >= 15 is 0 Å². The molecule has 3 rings (SSSR count). The predicted octanol–water partition coefficient (Wildman–Crippen LogP) is 4.17. The van der Waals surface area contributed by atoms with E-state index in [1.54, 1.807) is 7.11 Å². The van der Waals surface area contributed by atoms with Crippen LogP contribution in [-0.4, -0.2) is 28.5 Å². The maximum absolute atomic E-state index is 12.5. The molecule has 1 heterocycles. The average Bonchev–Trinajstić information content (AvgIpc) is 3.17. The molecular formula is C20H20F3N3O2. The van der Waals surface area contributed by atoms with Gasteiger partial charge in [0.15, 0.2) is 0 Å². The number of halogens is 3. The van der Waals surface area contributed by atoms with Gasteiger partial charge in [-0.2, -0.15) is 13.2 Å². The molecule has 0 radical (unpaired) electrons. The molecule has 0 bridgehead atoms. The molecule has 3 aromatic rings. The van der Waals surface area contributed by atoms with Crippen LogP contribution < -0.4 is 9.47 Å². The Hall–Kier alpha value is -3.03. The molecule has 0 aliphatic carbocycles. The van der Waals surface area contributed by atoms with Crippen LogP contribution >= 0.6 is 0 Å². The third-order valence-electron chi connectivity index (χ3n) is 4.16. The van der Waals surface area contributed by atoms with Gasteiger partial charge in [-0.3, -0.25) is 4.68 Å². The molecule has 0 N–H and O–H groups in total. The van der Waals surface area contributed by atoms with E-state index in [4.69, 9.17) is 9.47 Å². The van der Waals surface area contributed by atoms with Crippen LogP contribution in [0.1, 0.15) is 17.0 Å². The van der Waals surface area contributed by atoms with Crippen molar-refractivity contribution in [2.75, 3.05) is 13.7 Å². The topological polar surface area (TPSA) is 49.2 Å². The Morgan fingerprint density at radius 3 is 2.07 bits per heavy atom. The largest absolute Gasteiger partial charge is 0.497 e. The van der Waals surface area contributed by atoms with Gasteiger partial charge in [0.1, 0.15) is 17.8 Å². The molecular weight excluding hydrogens is 371 g/mol. The van der Waals surface area contributed by atoms with E-state index in [2.05, 4.69) is 10.1 Å². The number of alkyl halides is 3. The second kappa shape index (κ2) is 8.77. The lowest BCUT2D eigenvalue weighted by atomic mass is 10.1. The maximum atomic E-state index is 12.5. The summed E-state index contributed by atoms with van der Waals surface area (Å²) in [6, 6.07) is 15.3. The average molecular weight is 391 g/mol. The van der Waals surface area contributed by atoms with Gasteiger partial charge >= 0.3 is 6.18 Å². The summed E-state index contributed by atoms with van der Waals surface area (Å²) in [6.07, 6.45) is -2.10. The SMILES string of the molecule is COc1ccc(CCOc2ccc(CCn3cnc(C(F)(F)F)n3)cc2)cc1. The summed E-state index contributed by atoms with van der Waals surface area (Å²) in [5.74, 6) is 0.450. The minimum absolute atomic E-state index is 0.320. The summed E-state index contributed by atoms with van der Waals surface area (Å²) in [5, 5.41) is 3.44. The first kappa shape index (κ1) is 19.7. The molecule has 0 atom stereocenters. The lowest BCUT2D eigenvalue weighted by Crippen LogP contribution is -2.09. The zero-order chi connectivity index (χ0) is 20.0. The third-order valence-corrected chi connectivity index (χ3v) is 4.16. The van der Waals surface area contributed by atoms with Crippen LogP contribution in [0.25, 0.3) is 0 Å². The van der Waals surface area contributed by atoms with Crippen molar-refractivity contribution in [3.63, 3.8) is 0 Å². The number of hydrogen-bond donors (Lipinski definition) is 0. The molecule has 0 saturated heterocycles. The molecule has 148 valence electrons. The van der Waals surface area contributed by atoms with Crippen molar-refractivity contribution in [2.24, 2.45) is 0 Å². The normalized spacial score (nSPS) is 11.4. The van der Waals surface area contributed by atoms with Gasteiger partial charge in [0.25, 0.3) is 5.82 Å². The summed E-state index contributed by atoms with van der Waals surface area (Å²) in [5.41, 5.74) is 2.13. The molecule has 1 aromatic heterocycles. The molecule has 2 aromatic carbocycles. The number of aromatic nitrogens is 3. The van der Waals surface area contributed by atoms with Crippen LogP contribution in [0.5, 0.6) is 11.5 Å². The fourth-order valence-electron chi connectivity index (χ4n) is 2.61. The quantitative estimate of drug-likeness (QED) is 0.578. The third kappa shape index (κ3) is 5.48. The van der Waals surface area contributed by atoms with Crippen LogP contribution in [0.15, 0.2) is 54.9 Å². The Bertz CT molecular complexity index is 875. The van der Waals surface area contributed by atoms with E-state index in [-0.39, 0.29) is 0 Å². The van der Waals surface area contributed by atoms with Crippen molar-refractivity contribution in [3.8, 4) is 11.5 Å². The highest BCUT2D eigenvalue weighted by Crippen LogP contribution is 2.25. The van der Waals surface area contributed by atoms with Crippen LogP contribution in [-0.2, 0) is 25.6 Å². The molecule has 0 aliphatic rings. The van der Waals surface area contributed by atoms with Crippen LogP contribution in [0.4, 0.5) is 13.2 Å². The summed E-state index contributed by atoms with van der Waals surface area (Å²) < 4.78 is 49.6. The van der Waals surface area contributed by atoms with Gasteiger partial charge in [-0.15, -0.1) is 5.10 Å². The highest BCUT2D eigenvalue weighted by Gasteiger charge is 2.35. The number of methoxy groups -OCH3 is 1. The number of benzene rings is 2. The van der Waals surface area contributed by atoms with Crippen molar-refractivity contribution in [1.29, 1.82) is 0 Å². The van der Waals surface area contributed by atoms with E-state index in [0.717, 1.165) is 35.4 Å². The van der Waals surface area contributed by atoms with Gasteiger partial charge in [-0.05, 0) is 41.8 Å². The van der Waals surface area contributed by atoms with Gasteiger partial charge in [0.2, 0.25) is 0 Å². The summed E-state index contributed by atoms with van der Waals surface area (Å²) >= 11 is 0. The zero-order valence-corrected chi connectivity index (χ0v) is 15.3. The van der Waals surface area contributed by atoms with Gasteiger partial charge in [0.05, 0.1) is 13.7 Å². The Morgan fingerprint density at radius 2 is 1.50 bits per heavy atom. The molecule has 0 aliphatic heterocycles. The van der Waals surface area contributed by atoms with E-state index in [1.807, 2.05) is 48.5 Å². The van der Waals surface area contributed by atoms with Crippen molar-refractivity contribution in [3.05, 3.63) is 71.8 Å². The fraction of sp³-hybridized carbons (Fsp3) is 0.300. The smallest absolute Gasteiger partial charge is 0.453 e. The van der Waals surface area contributed by atoms with Gasteiger partial charge in [-0.1, -0.05) is 24.3 Å². The highest BCUT2D eigenvalue weighted by molar-refractivity contribution is 5.29.